The van der Waals surface area contributed by atoms with Crippen LogP contribution in [-0.2, 0) is 11.3 Å². The van der Waals surface area contributed by atoms with Crippen molar-refractivity contribution in [2.45, 2.75) is 13.5 Å². The Bertz CT molecular complexity index is 489. The van der Waals surface area contributed by atoms with Gasteiger partial charge in [0.25, 0.3) is 5.96 Å². The molecule has 1 N–H and O–H groups in total. The molecule has 1 heterocycles. The van der Waals surface area contributed by atoms with E-state index in [9.17, 15) is 14.9 Å². The summed E-state index contributed by atoms with van der Waals surface area (Å²) in [6, 6.07) is 0. The van der Waals surface area contributed by atoms with Gasteiger partial charge in [-0.2, -0.15) is 0 Å². The SMILES string of the molecule is CC(=O)N(C)C(=N[N+](=O)[O-])NCc1csc(Cl)n1. The molecule has 1 aromatic rings. The van der Waals surface area contributed by atoms with E-state index in [4.69, 9.17) is 11.6 Å². The highest BCUT2D eigenvalue weighted by Gasteiger charge is 2.15. The predicted molar refractivity (Wildman–Crippen MR) is 66.8 cm³/mol. The zero-order valence-corrected chi connectivity index (χ0v) is 11.2. The highest BCUT2D eigenvalue weighted by atomic mass is 35.5. The number of thiazole rings is 1. The van der Waals surface area contributed by atoms with Crippen LogP contribution in [0, 0.1) is 10.1 Å². The number of carbonyl (C=O) groups is 1. The van der Waals surface area contributed by atoms with Crippen LogP contribution in [0.5, 0.6) is 0 Å². The number of amides is 1. The van der Waals surface area contributed by atoms with E-state index < -0.39 is 5.03 Å². The number of nitro groups is 1. The Morgan fingerprint density at radius 2 is 2.44 bits per heavy atom. The first-order chi connectivity index (χ1) is 8.40. The molecule has 0 saturated carbocycles. The number of nitrogens with zero attached hydrogens (tertiary/aromatic N) is 4. The Labute approximate surface area is 111 Å². The van der Waals surface area contributed by atoms with Gasteiger partial charge in [0.1, 0.15) is 5.10 Å². The summed E-state index contributed by atoms with van der Waals surface area (Å²) in [5, 5.41) is 16.9. The monoisotopic (exact) mass is 291 g/mol. The van der Waals surface area contributed by atoms with Crippen LogP contribution in [0.3, 0.4) is 0 Å². The van der Waals surface area contributed by atoms with Crippen LogP contribution in [-0.4, -0.2) is 33.8 Å². The zero-order valence-electron chi connectivity index (χ0n) is 9.58. The molecule has 1 amide bonds. The van der Waals surface area contributed by atoms with E-state index in [1.807, 2.05) is 0 Å². The minimum absolute atomic E-state index is 0.156. The first-order valence-corrected chi connectivity index (χ1v) is 5.97. The lowest BCUT2D eigenvalue weighted by atomic mass is 10.5. The third-order valence-corrected chi connectivity index (χ3v) is 2.95. The maximum atomic E-state index is 11.1. The van der Waals surface area contributed by atoms with Gasteiger partial charge in [0.05, 0.1) is 12.2 Å². The molecule has 8 nitrogen and oxygen atoms in total. The number of rotatable bonds is 3. The average Bonchev–Trinajstić information content (AvgIpc) is 2.68. The van der Waals surface area contributed by atoms with Crippen LogP contribution in [0.25, 0.3) is 0 Å². The summed E-state index contributed by atoms with van der Waals surface area (Å²) in [5.41, 5.74) is 0.609. The molecule has 0 unspecified atom stereocenters. The second kappa shape index (κ2) is 6.26. The molecule has 0 radical (unpaired) electrons. The molecular weight excluding hydrogens is 282 g/mol. The Kier molecular flexibility index (Phi) is 4.98. The first-order valence-electron chi connectivity index (χ1n) is 4.71. The summed E-state index contributed by atoms with van der Waals surface area (Å²) in [5.74, 6) is -0.531. The van der Waals surface area contributed by atoms with Gasteiger partial charge in [0, 0.05) is 19.4 Å². The molecule has 0 spiro atoms. The summed E-state index contributed by atoms with van der Waals surface area (Å²) in [7, 11) is 1.38. The Morgan fingerprint density at radius 3 is 2.89 bits per heavy atom. The van der Waals surface area contributed by atoms with Gasteiger partial charge >= 0.3 is 0 Å². The number of hydrogen-bond donors (Lipinski definition) is 1. The van der Waals surface area contributed by atoms with Crippen LogP contribution in [0.4, 0.5) is 0 Å². The van der Waals surface area contributed by atoms with Crippen molar-refractivity contribution in [3.05, 3.63) is 25.7 Å². The third kappa shape index (κ3) is 4.26. The maximum Gasteiger partial charge on any atom is 0.278 e. The van der Waals surface area contributed by atoms with Crippen molar-refractivity contribution in [1.29, 1.82) is 0 Å². The van der Waals surface area contributed by atoms with Crippen LogP contribution in [0.2, 0.25) is 4.47 Å². The molecule has 0 fully saturated rings. The number of hydrazone groups is 1. The lowest BCUT2D eigenvalue weighted by Crippen LogP contribution is -2.41. The normalized spacial score (nSPS) is 11.2. The molecule has 98 valence electrons. The van der Waals surface area contributed by atoms with Crippen molar-refractivity contribution in [1.82, 2.24) is 15.2 Å². The number of nitrogens with one attached hydrogen (secondary N) is 1. The topological polar surface area (TPSA) is 101 Å². The van der Waals surface area contributed by atoms with Gasteiger partial charge in [-0.15, -0.1) is 11.3 Å². The summed E-state index contributed by atoms with van der Waals surface area (Å²) in [6.45, 7) is 1.46. The van der Waals surface area contributed by atoms with E-state index in [0.29, 0.717) is 10.2 Å². The molecule has 0 aliphatic rings. The first kappa shape index (κ1) is 14.3. The summed E-state index contributed by atoms with van der Waals surface area (Å²) in [4.78, 5) is 26.5. The molecule has 0 aliphatic carbocycles. The van der Waals surface area contributed by atoms with E-state index in [0.717, 1.165) is 4.90 Å². The highest BCUT2D eigenvalue weighted by molar-refractivity contribution is 7.13. The number of halogens is 1. The largest absolute Gasteiger partial charge is 0.345 e. The molecule has 0 aliphatic heterocycles. The summed E-state index contributed by atoms with van der Waals surface area (Å²) < 4.78 is 0.375. The maximum absolute atomic E-state index is 11.1. The van der Waals surface area contributed by atoms with Crippen molar-refractivity contribution < 1.29 is 9.83 Å². The molecule has 10 heteroatoms. The Hall–Kier alpha value is -1.74. The highest BCUT2D eigenvalue weighted by Crippen LogP contribution is 2.14. The van der Waals surface area contributed by atoms with Crippen molar-refractivity contribution in [3.8, 4) is 0 Å². The van der Waals surface area contributed by atoms with Crippen LogP contribution in [0.1, 0.15) is 12.6 Å². The number of carbonyl (C=O) groups excluding carboxylic acids is 1. The van der Waals surface area contributed by atoms with E-state index in [2.05, 4.69) is 15.4 Å². The fourth-order valence-corrected chi connectivity index (χ4v) is 1.76. The summed E-state index contributed by atoms with van der Waals surface area (Å²) >= 11 is 6.89. The van der Waals surface area contributed by atoms with E-state index >= 15 is 0 Å². The number of aromatic nitrogens is 1. The quantitative estimate of drug-likeness (QED) is 0.386. The van der Waals surface area contributed by atoms with Gasteiger partial charge < -0.3 is 5.32 Å². The second-order valence-corrected chi connectivity index (χ2v) is 4.63. The van der Waals surface area contributed by atoms with Gasteiger partial charge in [-0.05, 0) is 0 Å². The fourth-order valence-electron chi connectivity index (χ4n) is 0.981. The average molecular weight is 292 g/mol. The molecule has 0 atom stereocenters. The smallest absolute Gasteiger partial charge is 0.278 e. The molecule has 18 heavy (non-hydrogen) atoms. The number of guanidine groups is 1. The molecule has 0 bridgehead atoms. The van der Waals surface area contributed by atoms with Gasteiger partial charge in [0.2, 0.25) is 5.91 Å². The zero-order chi connectivity index (χ0) is 13.7. The van der Waals surface area contributed by atoms with Crippen molar-refractivity contribution in [3.63, 3.8) is 0 Å². The van der Waals surface area contributed by atoms with Crippen molar-refractivity contribution >= 4 is 34.8 Å². The van der Waals surface area contributed by atoms with E-state index in [-0.39, 0.29) is 18.4 Å². The Morgan fingerprint density at radius 1 is 1.78 bits per heavy atom. The van der Waals surface area contributed by atoms with Gasteiger partial charge in [-0.3, -0.25) is 9.69 Å². The standard InChI is InChI=1S/C8H10ClN5O3S/c1-5(15)13(2)8(12-14(16)17)10-3-6-4-18-7(9)11-6/h4H,3H2,1-2H3,(H,10,12). The van der Waals surface area contributed by atoms with E-state index in [1.165, 1.54) is 25.3 Å². The van der Waals surface area contributed by atoms with Crippen LogP contribution >= 0.6 is 22.9 Å². The van der Waals surface area contributed by atoms with Gasteiger partial charge in [-0.1, -0.05) is 11.6 Å². The lowest BCUT2D eigenvalue weighted by Gasteiger charge is -2.15. The van der Waals surface area contributed by atoms with Gasteiger partial charge in [0.15, 0.2) is 9.50 Å². The lowest BCUT2D eigenvalue weighted by molar-refractivity contribution is -0.485. The number of hydrogen-bond acceptors (Lipinski definition) is 5. The molecular formula is C8H10ClN5O3S. The molecule has 1 aromatic heterocycles. The summed E-state index contributed by atoms with van der Waals surface area (Å²) in [6.07, 6.45) is 0. The van der Waals surface area contributed by atoms with E-state index in [1.54, 1.807) is 5.38 Å². The van der Waals surface area contributed by atoms with Crippen LogP contribution < -0.4 is 5.32 Å². The van der Waals surface area contributed by atoms with Crippen LogP contribution in [0.15, 0.2) is 10.5 Å². The minimum atomic E-state index is -0.879. The third-order valence-electron chi connectivity index (χ3n) is 1.92. The van der Waals surface area contributed by atoms with Gasteiger partial charge in [-0.25, -0.2) is 15.1 Å². The fraction of sp³-hybridized carbons (Fsp3) is 0.375. The molecule has 0 aromatic carbocycles. The van der Waals surface area contributed by atoms with Crippen molar-refractivity contribution in [2.24, 2.45) is 5.10 Å². The molecule has 1 rings (SSSR count). The molecule has 0 saturated heterocycles. The Balaban J connectivity index is 2.74. The van der Waals surface area contributed by atoms with Crippen molar-refractivity contribution in [2.75, 3.05) is 7.05 Å². The predicted octanol–water partition coefficient (Wildman–Crippen LogP) is 0.912. The minimum Gasteiger partial charge on any atom is -0.345 e. The second-order valence-electron chi connectivity index (χ2n) is 3.18.